The molecule has 8 heteroatoms. The molecule has 0 bridgehead atoms. The summed E-state index contributed by atoms with van der Waals surface area (Å²) in [7, 11) is 0. The molecule has 138 valence electrons. The lowest BCUT2D eigenvalue weighted by atomic mass is 10.1. The molecule has 0 atom stereocenters. The standard InChI is InChI=1S/C18H21N3O5/c1-11-15(12(2)26-21-11)7-8-16(22)20-14-5-3-13(4-6-14)9-17(23)19-10-18(24)25/h3-6H,7-10H2,1-2H3,(H,19,23)(H,20,22)(H,24,25). The quantitative estimate of drug-likeness (QED) is 0.658. The zero-order valence-corrected chi connectivity index (χ0v) is 14.7. The molecule has 3 N–H and O–H groups in total. The minimum Gasteiger partial charge on any atom is -0.480 e. The number of carboxylic acid groups (broad SMARTS) is 1. The van der Waals surface area contributed by atoms with E-state index in [1.165, 1.54) is 0 Å². The molecule has 1 aromatic heterocycles. The van der Waals surface area contributed by atoms with Crippen molar-refractivity contribution in [1.29, 1.82) is 0 Å². The first-order valence-corrected chi connectivity index (χ1v) is 8.14. The van der Waals surface area contributed by atoms with E-state index in [1.807, 2.05) is 13.8 Å². The van der Waals surface area contributed by atoms with Crippen LogP contribution in [0.2, 0.25) is 0 Å². The number of hydrogen-bond donors (Lipinski definition) is 3. The summed E-state index contributed by atoms with van der Waals surface area (Å²) in [4.78, 5) is 34.0. The molecule has 0 saturated carbocycles. The fraction of sp³-hybridized carbons (Fsp3) is 0.333. The number of nitrogens with one attached hydrogen (secondary N) is 2. The first-order chi connectivity index (χ1) is 12.3. The number of aryl methyl sites for hydroxylation is 2. The summed E-state index contributed by atoms with van der Waals surface area (Å²) in [6, 6.07) is 6.83. The molecular weight excluding hydrogens is 338 g/mol. The molecule has 1 aromatic carbocycles. The average Bonchev–Trinajstić information content (AvgIpc) is 2.91. The Morgan fingerprint density at radius 3 is 2.38 bits per heavy atom. The Morgan fingerprint density at radius 1 is 1.12 bits per heavy atom. The Morgan fingerprint density at radius 2 is 1.81 bits per heavy atom. The van der Waals surface area contributed by atoms with Gasteiger partial charge in [-0.15, -0.1) is 0 Å². The minimum absolute atomic E-state index is 0.0769. The molecule has 0 radical (unpaired) electrons. The first kappa shape index (κ1) is 19.2. The van der Waals surface area contributed by atoms with Crippen molar-refractivity contribution in [3.8, 4) is 0 Å². The van der Waals surface area contributed by atoms with Gasteiger partial charge in [-0.25, -0.2) is 0 Å². The summed E-state index contributed by atoms with van der Waals surface area (Å²) < 4.78 is 5.07. The third-order valence-corrected chi connectivity index (χ3v) is 3.82. The SMILES string of the molecule is Cc1noc(C)c1CCC(=O)Nc1ccc(CC(=O)NCC(=O)O)cc1. The van der Waals surface area contributed by atoms with Crippen molar-refractivity contribution < 1.29 is 24.0 Å². The fourth-order valence-electron chi connectivity index (χ4n) is 2.45. The van der Waals surface area contributed by atoms with Crippen LogP contribution in [0, 0.1) is 13.8 Å². The lowest BCUT2D eigenvalue weighted by Gasteiger charge is -2.07. The van der Waals surface area contributed by atoms with Crippen LogP contribution in [-0.2, 0) is 27.2 Å². The zero-order chi connectivity index (χ0) is 19.1. The third-order valence-electron chi connectivity index (χ3n) is 3.82. The molecule has 0 aliphatic rings. The van der Waals surface area contributed by atoms with Crippen molar-refractivity contribution in [1.82, 2.24) is 10.5 Å². The number of carbonyl (C=O) groups excluding carboxylic acids is 2. The van der Waals surface area contributed by atoms with Crippen LogP contribution in [0.15, 0.2) is 28.8 Å². The predicted octanol–water partition coefficient (Wildman–Crippen LogP) is 1.61. The molecule has 0 unspecified atom stereocenters. The molecule has 0 fully saturated rings. The smallest absolute Gasteiger partial charge is 0.322 e. The van der Waals surface area contributed by atoms with Gasteiger partial charge in [-0.1, -0.05) is 17.3 Å². The number of anilines is 1. The van der Waals surface area contributed by atoms with Gasteiger partial charge >= 0.3 is 5.97 Å². The van der Waals surface area contributed by atoms with Crippen molar-refractivity contribution in [3.05, 3.63) is 46.8 Å². The van der Waals surface area contributed by atoms with E-state index in [0.717, 1.165) is 22.6 Å². The molecule has 2 rings (SSSR count). The lowest BCUT2D eigenvalue weighted by Crippen LogP contribution is -2.30. The van der Waals surface area contributed by atoms with Gasteiger partial charge in [0, 0.05) is 17.7 Å². The van der Waals surface area contributed by atoms with Crippen LogP contribution in [0.25, 0.3) is 0 Å². The number of aromatic nitrogens is 1. The topological polar surface area (TPSA) is 122 Å². The van der Waals surface area contributed by atoms with E-state index in [-0.39, 0.29) is 18.2 Å². The van der Waals surface area contributed by atoms with Crippen LogP contribution >= 0.6 is 0 Å². The number of carbonyl (C=O) groups is 3. The zero-order valence-electron chi connectivity index (χ0n) is 14.7. The van der Waals surface area contributed by atoms with Crippen LogP contribution < -0.4 is 10.6 Å². The highest BCUT2D eigenvalue weighted by Gasteiger charge is 2.11. The van der Waals surface area contributed by atoms with E-state index in [9.17, 15) is 14.4 Å². The summed E-state index contributed by atoms with van der Waals surface area (Å²) in [5.74, 6) is -0.866. The van der Waals surface area contributed by atoms with Gasteiger partial charge in [0.2, 0.25) is 11.8 Å². The molecule has 8 nitrogen and oxygen atoms in total. The maximum atomic E-state index is 12.1. The Hall–Kier alpha value is -3.16. The number of hydrogen-bond acceptors (Lipinski definition) is 5. The van der Waals surface area contributed by atoms with Gasteiger partial charge in [0.1, 0.15) is 12.3 Å². The summed E-state index contributed by atoms with van der Waals surface area (Å²) in [6.45, 7) is 3.26. The monoisotopic (exact) mass is 359 g/mol. The summed E-state index contributed by atoms with van der Waals surface area (Å²) in [6.07, 6.45) is 0.935. The molecule has 0 aliphatic carbocycles. The van der Waals surface area contributed by atoms with Crippen LogP contribution in [-0.4, -0.2) is 34.6 Å². The highest BCUT2D eigenvalue weighted by molar-refractivity contribution is 5.91. The number of aliphatic carboxylic acids is 1. The van der Waals surface area contributed by atoms with Crippen molar-refractivity contribution in [2.24, 2.45) is 0 Å². The number of rotatable bonds is 8. The van der Waals surface area contributed by atoms with Crippen molar-refractivity contribution in [2.75, 3.05) is 11.9 Å². The Bertz CT molecular complexity index is 776. The van der Waals surface area contributed by atoms with Gasteiger partial charge in [0.05, 0.1) is 12.1 Å². The van der Waals surface area contributed by atoms with Crippen LogP contribution in [0.3, 0.4) is 0 Å². The van der Waals surface area contributed by atoms with Crippen LogP contribution in [0.5, 0.6) is 0 Å². The second kappa shape index (κ2) is 8.80. The number of carboxylic acids is 1. The maximum Gasteiger partial charge on any atom is 0.322 e. The van der Waals surface area contributed by atoms with Crippen molar-refractivity contribution in [2.45, 2.75) is 33.1 Å². The highest BCUT2D eigenvalue weighted by atomic mass is 16.5. The minimum atomic E-state index is -1.09. The highest BCUT2D eigenvalue weighted by Crippen LogP contribution is 2.15. The largest absolute Gasteiger partial charge is 0.480 e. The molecule has 0 saturated heterocycles. The maximum absolute atomic E-state index is 12.1. The summed E-state index contributed by atoms with van der Waals surface area (Å²) in [5, 5.41) is 17.5. The van der Waals surface area contributed by atoms with E-state index in [0.29, 0.717) is 18.5 Å². The number of amides is 2. The van der Waals surface area contributed by atoms with Gasteiger partial charge in [-0.2, -0.15) is 0 Å². The van der Waals surface area contributed by atoms with Gasteiger partial charge in [-0.3, -0.25) is 14.4 Å². The van der Waals surface area contributed by atoms with Gasteiger partial charge in [-0.05, 0) is 38.0 Å². The number of benzene rings is 1. The molecule has 2 amide bonds. The average molecular weight is 359 g/mol. The Balaban J connectivity index is 1.81. The molecule has 0 aliphatic heterocycles. The molecule has 0 spiro atoms. The second-order valence-electron chi connectivity index (χ2n) is 5.90. The van der Waals surface area contributed by atoms with E-state index < -0.39 is 12.5 Å². The molecular formula is C18H21N3O5. The Kier molecular flexibility index (Phi) is 6.48. The van der Waals surface area contributed by atoms with Crippen LogP contribution in [0.4, 0.5) is 5.69 Å². The predicted molar refractivity (Wildman–Crippen MR) is 93.7 cm³/mol. The normalized spacial score (nSPS) is 10.4. The third kappa shape index (κ3) is 5.73. The van der Waals surface area contributed by atoms with Gasteiger partial charge in [0.25, 0.3) is 0 Å². The lowest BCUT2D eigenvalue weighted by molar-refractivity contribution is -0.137. The van der Waals surface area contributed by atoms with E-state index in [2.05, 4.69) is 15.8 Å². The van der Waals surface area contributed by atoms with E-state index in [1.54, 1.807) is 24.3 Å². The van der Waals surface area contributed by atoms with E-state index in [4.69, 9.17) is 9.63 Å². The van der Waals surface area contributed by atoms with Crippen LogP contribution in [0.1, 0.15) is 29.0 Å². The Labute approximate surface area is 150 Å². The van der Waals surface area contributed by atoms with Gasteiger partial charge in [0.15, 0.2) is 0 Å². The summed E-state index contributed by atoms with van der Waals surface area (Å²) >= 11 is 0. The molecule has 26 heavy (non-hydrogen) atoms. The fourth-order valence-corrected chi connectivity index (χ4v) is 2.45. The van der Waals surface area contributed by atoms with E-state index >= 15 is 0 Å². The summed E-state index contributed by atoms with van der Waals surface area (Å²) in [5.41, 5.74) is 3.09. The van der Waals surface area contributed by atoms with Crippen molar-refractivity contribution >= 4 is 23.5 Å². The molecule has 2 aromatic rings. The van der Waals surface area contributed by atoms with Gasteiger partial charge < -0.3 is 20.3 Å². The second-order valence-corrected chi connectivity index (χ2v) is 5.90. The first-order valence-electron chi connectivity index (χ1n) is 8.14. The molecule has 1 heterocycles. The van der Waals surface area contributed by atoms with Crippen molar-refractivity contribution in [3.63, 3.8) is 0 Å². The number of nitrogens with zero attached hydrogens (tertiary/aromatic N) is 1.